The van der Waals surface area contributed by atoms with Crippen LogP contribution in [0, 0.1) is 17.2 Å². The van der Waals surface area contributed by atoms with Crippen molar-refractivity contribution in [2.24, 2.45) is 11.3 Å². The summed E-state index contributed by atoms with van der Waals surface area (Å²) < 4.78 is 13.4. The first-order valence-corrected chi connectivity index (χ1v) is 7.33. The van der Waals surface area contributed by atoms with Gasteiger partial charge in [-0.1, -0.05) is 51.4 Å². The lowest BCUT2D eigenvalue weighted by Crippen LogP contribution is -2.26. The Morgan fingerprint density at radius 2 is 2.00 bits per heavy atom. The van der Waals surface area contributed by atoms with E-state index in [1.54, 1.807) is 6.07 Å². The van der Waals surface area contributed by atoms with Crippen molar-refractivity contribution in [1.82, 2.24) is 5.32 Å². The topological polar surface area (TPSA) is 12.0 Å². The van der Waals surface area contributed by atoms with E-state index in [0.29, 0.717) is 5.92 Å². The average Bonchev–Trinajstić information content (AvgIpc) is 2.30. The summed E-state index contributed by atoms with van der Waals surface area (Å²) in [7, 11) is 0. The highest BCUT2D eigenvalue weighted by atomic mass is 35.5. The molecule has 0 aromatic heterocycles. The summed E-state index contributed by atoms with van der Waals surface area (Å²) in [5.41, 5.74) is 1.01. The number of benzene rings is 1. The van der Waals surface area contributed by atoms with Crippen molar-refractivity contribution in [2.75, 3.05) is 13.1 Å². The molecular formula is C16H25ClFN. The van der Waals surface area contributed by atoms with Crippen LogP contribution in [0.25, 0.3) is 0 Å². The molecule has 0 aliphatic heterocycles. The van der Waals surface area contributed by atoms with Crippen LogP contribution in [-0.2, 0) is 6.42 Å². The first-order valence-electron chi connectivity index (χ1n) is 6.95. The van der Waals surface area contributed by atoms with Crippen molar-refractivity contribution in [2.45, 2.75) is 40.5 Å². The Hall–Kier alpha value is -0.600. The number of halogens is 2. The van der Waals surface area contributed by atoms with Crippen LogP contribution < -0.4 is 5.32 Å². The van der Waals surface area contributed by atoms with Crippen molar-refractivity contribution < 1.29 is 4.39 Å². The summed E-state index contributed by atoms with van der Waals surface area (Å²) in [4.78, 5) is 0. The molecule has 0 bridgehead atoms. The van der Waals surface area contributed by atoms with Gasteiger partial charge in [0, 0.05) is 0 Å². The molecule has 0 heterocycles. The fourth-order valence-corrected chi connectivity index (χ4v) is 2.30. The summed E-state index contributed by atoms with van der Waals surface area (Å²) >= 11 is 6.01. The van der Waals surface area contributed by atoms with Crippen molar-refractivity contribution in [3.8, 4) is 0 Å². The minimum atomic E-state index is -0.326. The van der Waals surface area contributed by atoms with Crippen LogP contribution >= 0.6 is 11.6 Å². The summed E-state index contributed by atoms with van der Waals surface area (Å²) in [6, 6.07) is 5.04. The predicted molar refractivity (Wildman–Crippen MR) is 81.2 cm³/mol. The molecule has 3 heteroatoms. The molecule has 0 radical (unpaired) electrons. The lowest BCUT2D eigenvalue weighted by Gasteiger charge is -2.25. The zero-order valence-electron chi connectivity index (χ0n) is 12.4. The number of rotatable bonds is 7. The van der Waals surface area contributed by atoms with E-state index in [1.807, 2.05) is 6.07 Å². The van der Waals surface area contributed by atoms with Crippen LogP contribution in [-0.4, -0.2) is 13.1 Å². The van der Waals surface area contributed by atoms with E-state index in [4.69, 9.17) is 11.6 Å². The quantitative estimate of drug-likeness (QED) is 0.717. The van der Waals surface area contributed by atoms with Crippen LogP contribution in [0.2, 0.25) is 5.02 Å². The maximum Gasteiger partial charge on any atom is 0.142 e. The molecule has 0 saturated carbocycles. The first-order chi connectivity index (χ1) is 8.82. The Morgan fingerprint density at radius 3 is 2.63 bits per heavy atom. The molecule has 1 N–H and O–H groups in total. The van der Waals surface area contributed by atoms with Crippen LogP contribution in [0.4, 0.5) is 4.39 Å². The third kappa shape index (κ3) is 5.92. The van der Waals surface area contributed by atoms with Gasteiger partial charge in [0.2, 0.25) is 0 Å². The van der Waals surface area contributed by atoms with Crippen LogP contribution in [0.15, 0.2) is 18.2 Å². The molecule has 0 spiro atoms. The molecule has 1 aromatic carbocycles. The monoisotopic (exact) mass is 285 g/mol. The maximum absolute atomic E-state index is 13.4. The van der Waals surface area contributed by atoms with E-state index in [9.17, 15) is 4.39 Å². The molecule has 19 heavy (non-hydrogen) atoms. The van der Waals surface area contributed by atoms with Gasteiger partial charge in [-0.2, -0.15) is 0 Å². The summed E-state index contributed by atoms with van der Waals surface area (Å²) in [6.07, 6.45) is 1.85. The fraction of sp³-hybridized carbons (Fsp3) is 0.625. The van der Waals surface area contributed by atoms with Crippen molar-refractivity contribution in [3.63, 3.8) is 0 Å². The molecule has 1 aromatic rings. The first kappa shape index (κ1) is 16.5. The second-order valence-corrected chi connectivity index (χ2v) is 6.78. The van der Waals surface area contributed by atoms with Gasteiger partial charge in [-0.15, -0.1) is 0 Å². The van der Waals surface area contributed by atoms with Gasteiger partial charge < -0.3 is 5.32 Å². The molecule has 0 aliphatic carbocycles. The van der Waals surface area contributed by atoms with Gasteiger partial charge in [0.15, 0.2) is 0 Å². The zero-order valence-corrected chi connectivity index (χ0v) is 13.1. The maximum atomic E-state index is 13.4. The standard InChI is InChI=1S/C16H25ClFN/c1-12(2)11-19-9-8-16(3,4)10-13-6-5-7-14(18)15(13)17/h5-7,12,19H,8-11H2,1-4H3. The normalized spacial score (nSPS) is 12.2. The predicted octanol–water partition coefficient (Wildman–Crippen LogP) is 4.68. The molecule has 108 valence electrons. The highest BCUT2D eigenvalue weighted by Crippen LogP contribution is 2.30. The molecule has 0 aliphatic rings. The Labute approximate surface area is 121 Å². The summed E-state index contributed by atoms with van der Waals surface area (Å²) in [5.74, 6) is 0.341. The van der Waals surface area contributed by atoms with Gasteiger partial charge in [-0.05, 0) is 48.9 Å². The third-order valence-electron chi connectivity index (χ3n) is 3.23. The van der Waals surface area contributed by atoms with Crippen molar-refractivity contribution >= 4 is 11.6 Å². The summed E-state index contributed by atoms with van der Waals surface area (Å²) in [5, 5.41) is 3.71. The number of hydrogen-bond acceptors (Lipinski definition) is 1. The second kappa shape index (κ2) is 7.25. The van der Waals surface area contributed by atoms with E-state index >= 15 is 0 Å². The molecule has 0 fully saturated rings. The van der Waals surface area contributed by atoms with Gasteiger partial charge in [0.05, 0.1) is 5.02 Å². The van der Waals surface area contributed by atoms with Gasteiger partial charge in [-0.25, -0.2) is 4.39 Å². The van der Waals surface area contributed by atoms with Gasteiger partial charge >= 0.3 is 0 Å². The zero-order chi connectivity index (χ0) is 14.5. The SMILES string of the molecule is CC(C)CNCCC(C)(C)Cc1cccc(F)c1Cl. The number of hydrogen-bond donors (Lipinski definition) is 1. The van der Waals surface area contributed by atoms with Crippen LogP contribution in [0.3, 0.4) is 0 Å². The van der Waals surface area contributed by atoms with Gasteiger partial charge in [-0.3, -0.25) is 0 Å². The molecular weight excluding hydrogens is 261 g/mol. The van der Waals surface area contributed by atoms with E-state index in [1.165, 1.54) is 6.07 Å². The summed E-state index contributed by atoms with van der Waals surface area (Å²) in [6.45, 7) is 10.8. The smallest absolute Gasteiger partial charge is 0.142 e. The minimum Gasteiger partial charge on any atom is -0.316 e. The molecule has 0 amide bonds. The van der Waals surface area contributed by atoms with Crippen LogP contribution in [0.1, 0.15) is 39.7 Å². The van der Waals surface area contributed by atoms with E-state index in [-0.39, 0.29) is 16.3 Å². The Balaban J connectivity index is 2.51. The lowest BCUT2D eigenvalue weighted by atomic mass is 9.82. The largest absolute Gasteiger partial charge is 0.316 e. The number of nitrogens with one attached hydrogen (secondary N) is 1. The highest BCUT2D eigenvalue weighted by Gasteiger charge is 2.20. The van der Waals surface area contributed by atoms with E-state index in [0.717, 1.165) is 31.5 Å². The van der Waals surface area contributed by atoms with Gasteiger partial charge in [0.25, 0.3) is 0 Å². The molecule has 1 nitrogen and oxygen atoms in total. The molecule has 1 rings (SSSR count). The Morgan fingerprint density at radius 1 is 1.32 bits per heavy atom. The molecule has 0 unspecified atom stereocenters. The second-order valence-electron chi connectivity index (χ2n) is 6.40. The van der Waals surface area contributed by atoms with Gasteiger partial charge in [0.1, 0.15) is 5.82 Å². The Kier molecular flexibility index (Phi) is 6.28. The van der Waals surface area contributed by atoms with E-state index < -0.39 is 0 Å². The Bertz CT molecular complexity index is 402. The van der Waals surface area contributed by atoms with Crippen LogP contribution in [0.5, 0.6) is 0 Å². The van der Waals surface area contributed by atoms with E-state index in [2.05, 4.69) is 33.0 Å². The molecule has 0 saturated heterocycles. The average molecular weight is 286 g/mol. The lowest BCUT2D eigenvalue weighted by molar-refractivity contribution is 0.322. The fourth-order valence-electron chi connectivity index (χ4n) is 2.11. The third-order valence-corrected chi connectivity index (χ3v) is 3.65. The van der Waals surface area contributed by atoms with Crippen molar-refractivity contribution in [3.05, 3.63) is 34.6 Å². The van der Waals surface area contributed by atoms with Crippen molar-refractivity contribution in [1.29, 1.82) is 0 Å². The minimum absolute atomic E-state index is 0.113. The molecule has 0 atom stereocenters. The highest BCUT2D eigenvalue weighted by molar-refractivity contribution is 6.31.